The molecule has 45 heavy (non-hydrogen) atoms. The minimum absolute atomic E-state index is 0.0911. The molecule has 1 aliphatic heterocycles. The molecule has 0 aromatic heterocycles. The van der Waals surface area contributed by atoms with E-state index in [9.17, 15) is 9.90 Å². The molecule has 3 unspecified atom stereocenters. The number of carbonyl (C=O) groups excluding carboxylic acids is 1. The summed E-state index contributed by atoms with van der Waals surface area (Å²) in [5.74, 6) is -0.0839. The van der Waals surface area contributed by atoms with Crippen molar-refractivity contribution in [2.45, 2.75) is 66.9 Å². The maximum absolute atomic E-state index is 12.4. The van der Waals surface area contributed by atoms with Crippen LogP contribution in [0.15, 0.2) is 92.1 Å². The Morgan fingerprint density at radius 2 is 1.89 bits per heavy atom. The van der Waals surface area contributed by atoms with E-state index in [4.69, 9.17) is 26.2 Å². The minimum Gasteiger partial charge on any atom is -0.466 e. The molecule has 2 aromatic carbocycles. The van der Waals surface area contributed by atoms with Crippen LogP contribution in [0.25, 0.3) is 5.70 Å². The molecule has 0 saturated carbocycles. The first-order chi connectivity index (χ1) is 21.5. The Hall–Kier alpha value is -4.30. The summed E-state index contributed by atoms with van der Waals surface area (Å²) in [6, 6.07) is 15.1. The lowest BCUT2D eigenvalue weighted by Crippen LogP contribution is -2.19. The normalized spacial score (nSPS) is 20.3. The number of benzene rings is 2. The first kappa shape index (κ1) is 33.6. The van der Waals surface area contributed by atoms with E-state index in [1.165, 1.54) is 0 Å². The van der Waals surface area contributed by atoms with Gasteiger partial charge in [-0.15, -0.1) is 0 Å². The zero-order valence-electron chi connectivity index (χ0n) is 27.4. The molecule has 1 aliphatic carbocycles. The molecule has 8 heteroatoms. The maximum atomic E-state index is 12.4. The van der Waals surface area contributed by atoms with Gasteiger partial charge < -0.3 is 21.3 Å². The van der Waals surface area contributed by atoms with Crippen molar-refractivity contribution in [2.75, 3.05) is 18.9 Å². The van der Waals surface area contributed by atoms with Gasteiger partial charge >= 0.3 is 5.97 Å². The number of aliphatic hydroxyl groups excluding tert-OH is 1. The van der Waals surface area contributed by atoms with Crippen molar-refractivity contribution in [2.24, 2.45) is 38.5 Å². The molecule has 0 saturated heterocycles. The number of carbonyl (C=O) groups is 1. The smallest absolute Gasteiger partial charge is 0.313 e. The number of esters is 1. The van der Waals surface area contributed by atoms with Gasteiger partial charge in [0.25, 0.3) is 0 Å². The lowest BCUT2D eigenvalue weighted by Gasteiger charge is -2.20. The Bertz CT molecular complexity index is 1580. The summed E-state index contributed by atoms with van der Waals surface area (Å²) >= 11 is 0. The molecule has 8 nitrogen and oxygen atoms in total. The summed E-state index contributed by atoms with van der Waals surface area (Å²) in [6.45, 7) is 12.7. The average Bonchev–Trinajstić information content (AvgIpc) is 3.40. The monoisotopic (exact) mass is 609 g/mol. The molecule has 3 atom stereocenters. The molecule has 0 spiro atoms. The molecule has 0 fully saturated rings. The van der Waals surface area contributed by atoms with Crippen LogP contribution in [-0.2, 0) is 9.53 Å². The van der Waals surface area contributed by atoms with Gasteiger partial charge in [0.1, 0.15) is 0 Å². The van der Waals surface area contributed by atoms with E-state index < -0.39 is 6.10 Å². The van der Waals surface area contributed by atoms with E-state index in [0.29, 0.717) is 23.6 Å². The van der Waals surface area contributed by atoms with Crippen molar-refractivity contribution in [3.05, 3.63) is 93.8 Å². The molecule has 1 heterocycles. The van der Waals surface area contributed by atoms with Crippen molar-refractivity contribution in [3.63, 3.8) is 0 Å². The summed E-state index contributed by atoms with van der Waals surface area (Å²) in [7, 11) is 0. The van der Waals surface area contributed by atoms with Crippen LogP contribution in [0.5, 0.6) is 0 Å². The molecule has 4 rings (SSSR count). The fourth-order valence-electron chi connectivity index (χ4n) is 6.10. The van der Waals surface area contributed by atoms with Crippen LogP contribution >= 0.6 is 0 Å². The van der Waals surface area contributed by atoms with Gasteiger partial charge in [0.2, 0.25) is 0 Å². The summed E-state index contributed by atoms with van der Waals surface area (Å²) in [5, 5.41) is 10.6. The maximum Gasteiger partial charge on any atom is 0.313 e. The predicted octanol–water partition coefficient (Wildman–Crippen LogP) is 6.82. The van der Waals surface area contributed by atoms with Crippen molar-refractivity contribution in [1.82, 2.24) is 0 Å². The number of anilines is 1. The van der Waals surface area contributed by atoms with Gasteiger partial charge in [0.05, 0.1) is 36.6 Å². The topological polar surface area (TPSA) is 136 Å². The number of nitrogens with two attached hydrogens (primary N) is 2. The Labute approximate surface area is 267 Å². The van der Waals surface area contributed by atoms with Gasteiger partial charge in [-0.3, -0.25) is 19.8 Å². The summed E-state index contributed by atoms with van der Waals surface area (Å²) in [4.78, 5) is 26.9. The first-order valence-corrected chi connectivity index (χ1v) is 15.8. The quantitative estimate of drug-likeness (QED) is 0.146. The van der Waals surface area contributed by atoms with Crippen LogP contribution < -0.4 is 11.5 Å². The van der Waals surface area contributed by atoms with Crippen LogP contribution in [0.2, 0.25) is 0 Å². The van der Waals surface area contributed by atoms with E-state index in [2.05, 4.69) is 25.8 Å². The number of hydrogen-bond acceptors (Lipinski definition) is 8. The van der Waals surface area contributed by atoms with Crippen LogP contribution in [0.1, 0.15) is 83.6 Å². The molecular weight excluding hydrogens is 562 g/mol. The van der Waals surface area contributed by atoms with Crippen molar-refractivity contribution in [3.8, 4) is 0 Å². The van der Waals surface area contributed by atoms with E-state index >= 15 is 0 Å². The SMILES string of the molecule is CCOC(=O)C1C=C(C2=NC(C)=C(N=C(C)/C(=C(\N)c3cccc(N)c3C=NCC(O)c3ccccc3)C(C)C)CC2)CC1C. The Morgan fingerprint density at radius 3 is 2.56 bits per heavy atom. The van der Waals surface area contributed by atoms with Gasteiger partial charge in [-0.1, -0.05) is 69.3 Å². The van der Waals surface area contributed by atoms with Gasteiger partial charge in [-0.25, -0.2) is 0 Å². The van der Waals surface area contributed by atoms with E-state index in [-0.39, 0.29) is 30.3 Å². The number of hydrogen-bond donors (Lipinski definition) is 3. The highest BCUT2D eigenvalue weighted by Crippen LogP contribution is 2.36. The number of ether oxygens (including phenoxy) is 1. The van der Waals surface area contributed by atoms with Crippen molar-refractivity contribution in [1.29, 1.82) is 0 Å². The number of nitrogen functional groups attached to an aromatic ring is 1. The molecule has 2 aromatic rings. The lowest BCUT2D eigenvalue weighted by atomic mass is 9.91. The Balaban J connectivity index is 1.61. The number of nitrogens with zero attached hydrogens (tertiary/aromatic N) is 3. The number of rotatable bonds is 11. The molecule has 0 amide bonds. The second-order valence-electron chi connectivity index (χ2n) is 12.2. The highest BCUT2D eigenvalue weighted by Gasteiger charge is 2.33. The van der Waals surface area contributed by atoms with Crippen LogP contribution in [0.4, 0.5) is 5.69 Å². The summed E-state index contributed by atoms with van der Waals surface area (Å²) in [6.07, 6.45) is 5.36. The van der Waals surface area contributed by atoms with Gasteiger partial charge in [-0.2, -0.15) is 0 Å². The van der Waals surface area contributed by atoms with E-state index in [1.807, 2.05) is 75.4 Å². The molecule has 5 N–H and O–H groups in total. The molecule has 0 radical (unpaired) electrons. The van der Waals surface area contributed by atoms with Crippen LogP contribution in [0.3, 0.4) is 0 Å². The number of allylic oxidation sites excluding steroid dienone is 4. The molecule has 2 aliphatic rings. The van der Waals surface area contributed by atoms with Gasteiger partial charge in [-0.05, 0) is 74.6 Å². The van der Waals surface area contributed by atoms with E-state index in [0.717, 1.165) is 64.4 Å². The Morgan fingerprint density at radius 1 is 1.16 bits per heavy atom. The highest BCUT2D eigenvalue weighted by atomic mass is 16.5. The lowest BCUT2D eigenvalue weighted by molar-refractivity contribution is -0.147. The molecule has 0 bridgehead atoms. The first-order valence-electron chi connectivity index (χ1n) is 15.8. The second kappa shape index (κ2) is 15.1. The van der Waals surface area contributed by atoms with Crippen LogP contribution in [0, 0.1) is 17.8 Å². The summed E-state index contributed by atoms with van der Waals surface area (Å²) < 4.78 is 5.28. The standard InChI is InChI=1S/C37H47N5O3/c1-7-45-37(44)29-19-27(18-23(29)4)33-17-16-32(24(5)41-33)42-25(6)35(22(2)3)36(39)28-14-11-15-31(38)30(28)20-40-21-34(43)26-12-9-8-10-13-26/h8-15,19-20,22-23,29,34,43H,7,16-18,21,38-39H2,1-6H3/b36-35-,40-20?,42-25?. The number of aliphatic imine (C=N–C) groups is 3. The number of aliphatic hydroxyl groups is 1. The third-order valence-electron chi connectivity index (χ3n) is 8.46. The largest absolute Gasteiger partial charge is 0.466 e. The molecule has 238 valence electrons. The fourth-order valence-corrected chi connectivity index (χ4v) is 6.10. The van der Waals surface area contributed by atoms with Crippen molar-refractivity contribution >= 4 is 35.0 Å². The zero-order chi connectivity index (χ0) is 32.7. The minimum atomic E-state index is -0.716. The highest BCUT2D eigenvalue weighted by molar-refractivity contribution is 6.07. The van der Waals surface area contributed by atoms with E-state index in [1.54, 1.807) is 6.21 Å². The van der Waals surface area contributed by atoms with Crippen LogP contribution in [-0.4, -0.2) is 41.9 Å². The Kier molecular flexibility index (Phi) is 11.3. The second-order valence-corrected chi connectivity index (χ2v) is 12.2. The fraction of sp³-hybridized carbons (Fsp3) is 0.405. The third kappa shape index (κ3) is 8.05. The van der Waals surface area contributed by atoms with Gasteiger partial charge in [0, 0.05) is 40.1 Å². The van der Waals surface area contributed by atoms with Gasteiger partial charge in [0.15, 0.2) is 0 Å². The zero-order valence-corrected chi connectivity index (χ0v) is 27.4. The molecular formula is C37H47N5O3. The predicted molar refractivity (Wildman–Crippen MR) is 185 cm³/mol. The summed E-state index contributed by atoms with van der Waals surface area (Å²) in [5.41, 5.74) is 22.5. The average molecular weight is 610 g/mol. The third-order valence-corrected chi connectivity index (χ3v) is 8.46. The van der Waals surface area contributed by atoms with Crippen molar-refractivity contribution < 1.29 is 14.6 Å².